The average Bonchev–Trinajstić information content (AvgIpc) is 2.18. The van der Waals surface area contributed by atoms with Gasteiger partial charge in [-0.25, -0.2) is 0 Å². The Hall–Kier alpha value is -1.25. The van der Waals surface area contributed by atoms with Crippen LogP contribution in [0.15, 0.2) is 21.9 Å². The van der Waals surface area contributed by atoms with Gasteiger partial charge in [-0.3, -0.25) is 0 Å². The van der Waals surface area contributed by atoms with Crippen LogP contribution < -0.4 is 0 Å². The fourth-order valence-corrected chi connectivity index (χ4v) is 0.569. The lowest BCUT2D eigenvalue weighted by molar-refractivity contribution is 0.320. The molecule has 3 heteroatoms. The van der Waals surface area contributed by atoms with E-state index in [2.05, 4.69) is 5.16 Å². The third kappa shape index (κ3) is 1.10. The maximum Gasteiger partial charge on any atom is 0.151 e. The summed E-state index contributed by atoms with van der Waals surface area (Å²) in [6.07, 6.45) is 2.81. The molecule has 3 nitrogen and oxygen atoms in total. The summed E-state index contributed by atoms with van der Waals surface area (Å²) in [7, 11) is 0. The monoisotopic (exact) mass is 125 g/mol. The molecule has 0 atom stereocenters. The molecule has 0 aliphatic heterocycles. The summed E-state index contributed by atoms with van der Waals surface area (Å²) in [4.78, 5) is 0. The number of oxime groups is 1. The van der Waals surface area contributed by atoms with E-state index in [9.17, 15) is 0 Å². The Morgan fingerprint density at radius 1 is 1.78 bits per heavy atom. The summed E-state index contributed by atoms with van der Waals surface area (Å²) in [6, 6.07) is 1.80. The van der Waals surface area contributed by atoms with Crippen molar-refractivity contribution in [3.63, 3.8) is 0 Å². The van der Waals surface area contributed by atoms with E-state index in [1.54, 1.807) is 12.3 Å². The molecule has 9 heavy (non-hydrogen) atoms. The first-order chi connectivity index (χ1) is 4.34. The molecule has 0 amide bonds. The summed E-state index contributed by atoms with van der Waals surface area (Å²) < 4.78 is 4.90. The Balaban J connectivity index is 2.94. The quantitative estimate of drug-likeness (QED) is 0.350. The van der Waals surface area contributed by atoms with Crippen molar-refractivity contribution in [1.82, 2.24) is 0 Å². The van der Waals surface area contributed by atoms with Crippen molar-refractivity contribution in [2.45, 2.75) is 6.92 Å². The van der Waals surface area contributed by atoms with Crippen molar-refractivity contribution < 1.29 is 9.62 Å². The molecule has 1 rings (SSSR count). The van der Waals surface area contributed by atoms with Crippen LogP contribution in [0.2, 0.25) is 0 Å². The molecule has 0 aromatic carbocycles. The Morgan fingerprint density at radius 2 is 2.56 bits per heavy atom. The van der Waals surface area contributed by atoms with Crippen LogP contribution in [-0.2, 0) is 0 Å². The number of rotatable bonds is 1. The zero-order valence-electron chi connectivity index (χ0n) is 5.03. The van der Waals surface area contributed by atoms with E-state index < -0.39 is 0 Å². The normalized spacial score (nSPS) is 10.8. The minimum Gasteiger partial charge on any atom is -0.463 e. The molecule has 1 N–H and O–H groups in total. The van der Waals surface area contributed by atoms with E-state index >= 15 is 0 Å². The zero-order chi connectivity index (χ0) is 6.69. The molecule has 0 fully saturated rings. The fraction of sp³-hybridized carbons (Fsp3) is 0.167. The second kappa shape index (κ2) is 2.35. The van der Waals surface area contributed by atoms with E-state index in [4.69, 9.17) is 9.62 Å². The van der Waals surface area contributed by atoms with Crippen LogP contribution >= 0.6 is 0 Å². The third-order valence-electron chi connectivity index (χ3n) is 1.08. The maximum absolute atomic E-state index is 8.07. The minimum atomic E-state index is 0.595. The van der Waals surface area contributed by atoms with E-state index in [0.29, 0.717) is 5.76 Å². The molecular weight excluding hydrogens is 118 g/mol. The molecule has 0 aliphatic carbocycles. The molecule has 0 unspecified atom stereocenters. The summed E-state index contributed by atoms with van der Waals surface area (Å²) in [6.45, 7) is 1.88. The van der Waals surface area contributed by atoms with Gasteiger partial charge in [-0.15, -0.1) is 0 Å². The average molecular weight is 125 g/mol. The van der Waals surface area contributed by atoms with E-state index in [1.807, 2.05) is 6.92 Å². The van der Waals surface area contributed by atoms with Gasteiger partial charge >= 0.3 is 0 Å². The van der Waals surface area contributed by atoms with Crippen molar-refractivity contribution in [3.8, 4) is 0 Å². The summed E-state index contributed by atoms with van der Waals surface area (Å²) in [5.41, 5.74) is 0.966. The summed E-state index contributed by atoms with van der Waals surface area (Å²) in [5.74, 6) is 0.595. The molecule has 48 valence electrons. The molecule has 0 aliphatic rings. The number of hydrogen-bond acceptors (Lipinski definition) is 3. The molecule has 0 spiro atoms. The summed E-state index contributed by atoms with van der Waals surface area (Å²) in [5, 5.41) is 10.9. The van der Waals surface area contributed by atoms with Gasteiger partial charge in [0.1, 0.15) is 6.21 Å². The van der Waals surface area contributed by atoms with Crippen LogP contribution in [0.5, 0.6) is 0 Å². The third-order valence-corrected chi connectivity index (χ3v) is 1.08. The highest BCUT2D eigenvalue weighted by Gasteiger charge is 1.95. The lowest BCUT2D eigenvalue weighted by atomic mass is 10.3. The topological polar surface area (TPSA) is 45.7 Å². The molecule has 0 radical (unpaired) electrons. The Bertz CT molecular complexity index is 215. The van der Waals surface area contributed by atoms with Crippen LogP contribution in [0.25, 0.3) is 0 Å². The van der Waals surface area contributed by atoms with Crippen LogP contribution in [0.4, 0.5) is 0 Å². The van der Waals surface area contributed by atoms with Crippen LogP contribution in [-0.4, -0.2) is 11.4 Å². The summed E-state index contributed by atoms with van der Waals surface area (Å²) >= 11 is 0. The second-order valence-corrected chi connectivity index (χ2v) is 1.71. The van der Waals surface area contributed by atoms with Gasteiger partial charge in [-0.1, -0.05) is 5.16 Å². The molecule has 0 saturated carbocycles. The smallest absolute Gasteiger partial charge is 0.151 e. The van der Waals surface area contributed by atoms with Gasteiger partial charge in [-0.2, -0.15) is 0 Å². The number of aryl methyl sites for hydroxylation is 1. The van der Waals surface area contributed by atoms with Gasteiger partial charge in [0, 0.05) is 0 Å². The molecular formula is C6H7NO2. The van der Waals surface area contributed by atoms with Crippen molar-refractivity contribution in [1.29, 1.82) is 0 Å². The minimum absolute atomic E-state index is 0.595. The van der Waals surface area contributed by atoms with E-state index in [1.165, 1.54) is 6.21 Å². The molecule has 0 bridgehead atoms. The van der Waals surface area contributed by atoms with Gasteiger partial charge in [0.05, 0.1) is 6.26 Å². The SMILES string of the molecule is Cc1ccoc1C=NO. The van der Waals surface area contributed by atoms with Crippen molar-refractivity contribution in [3.05, 3.63) is 23.7 Å². The second-order valence-electron chi connectivity index (χ2n) is 1.71. The van der Waals surface area contributed by atoms with E-state index in [-0.39, 0.29) is 0 Å². The first kappa shape index (κ1) is 5.88. The Morgan fingerprint density at radius 3 is 3.00 bits per heavy atom. The van der Waals surface area contributed by atoms with Crippen molar-refractivity contribution in [2.75, 3.05) is 0 Å². The Labute approximate surface area is 52.6 Å². The lowest BCUT2D eigenvalue weighted by Crippen LogP contribution is -1.77. The Kier molecular flexibility index (Phi) is 1.53. The van der Waals surface area contributed by atoms with Crippen molar-refractivity contribution >= 4 is 6.21 Å². The highest BCUT2D eigenvalue weighted by Crippen LogP contribution is 2.04. The van der Waals surface area contributed by atoms with Crippen LogP contribution in [0.3, 0.4) is 0 Å². The molecule has 1 aromatic rings. The number of furan rings is 1. The predicted octanol–water partition coefficient (Wildman–Crippen LogP) is 1.40. The van der Waals surface area contributed by atoms with Gasteiger partial charge < -0.3 is 9.62 Å². The van der Waals surface area contributed by atoms with Gasteiger partial charge in [0.25, 0.3) is 0 Å². The van der Waals surface area contributed by atoms with E-state index in [0.717, 1.165) is 5.56 Å². The highest BCUT2D eigenvalue weighted by atomic mass is 16.4. The molecule has 0 saturated heterocycles. The van der Waals surface area contributed by atoms with Crippen molar-refractivity contribution in [2.24, 2.45) is 5.16 Å². The maximum atomic E-state index is 8.07. The molecule has 1 aromatic heterocycles. The number of nitrogens with zero attached hydrogens (tertiary/aromatic N) is 1. The van der Waals surface area contributed by atoms with Gasteiger partial charge in [0.2, 0.25) is 0 Å². The largest absolute Gasteiger partial charge is 0.463 e. The highest BCUT2D eigenvalue weighted by molar-refractivity contribution is 5.77. The first-order valence-electron chi connectivity index (χ1n) is 2.56. The lowest BCUT2D eigenvalue weighted by Gasteiger charge is -1.82. The van der Waals surface area contributed by atoms with Gasteiger partial charge in [-0.05, 0) is 18.6 Å². The van der Waals surface area contributed by atoms with Crippen LogP contribution in [0, 0.1) is 6.92 Å². The standard InChI is InChI=1S/C6H7NO2/c1-5-2-3-9-6(5)4-7-8/h2-4,8H,1H3. The predicted molar refractivity (Wildman–Crippen MR) is 32.8 cm³/mol. The fourth-order valence-electron chi connectivity index (χ4n) is 0.569. The van der Waals surface area contributed by atoms with Gasteiger partial charge in [0.15, 0.2) is 5.76 Å². The number of hydrogen-bond donors (Lipinski definition) is 1. The van der Waals surface area contributed by atoms with Crippen LogP contribution in [0.1, 0.15) is 11.3 Å². The molecule has 1 heterocycles. The first-order valence-corrected chi connectivity index (χ1v) is 2.56. The zero-order valence-corrected chi connectivity index (χ0v) is 5.03.